The number of anilines is 1. The number of hydrogen-bond donors (Lipinski definition) is 2. The fourth-order valence-electron chi connectivity index (χ4n) is 1.64. The molecule has 2 aromatic rings. The zero-order valence-electron chi connectivity index (χ0n) is 10.6. The number of nitro groups is 1. The standard InChI is InChI=1S/C12H12N4O3S/c1-7-5-15-11(20-7)6-14-9-4-8(12(13)17)2-3-10(9)16(18)19/h2-5,14H,6H2,1H3,(H2,13,17). The zero-order chi connectivity index (χ0) is 14.7. The van der Waals surface area contributed by atoms with Crippen LogP contribution in [-0.2, 0) is 6.54 Å². The number of nitrogens with two attached hydrogens (primary N) is 1. The van der Waals surface area contributed by atoms with Gasteiger partial charge in [-0.25, -0.2) is 4.98 Å². The molecule has 1 aromatic carbocycles. The minimum absolute atomic E-state index is 0.108. The third-order valence-corrected chi connectivity index (χ3v) is 3.49. The van der Waals surface area contributed by atoms with Gasteiger partial charge < -0.3 is 11.1 Å². The van der Waals surface area contributed by atoms with Crippen LogP contribution in [0.2, 0.25) is 0 Å². The number of hydrogen-bond acceptors (Lipinski definition) is 6. The van der Waals surface area contributed by atoms with Gasteiger partial charge >= 0.3 is 0 Å². The van der Waals surface area contributed by atoms with Gasteiger partial charge in [0.25, 0.3) is 5.69 Å². The smallest absolute Gasteiger partial charge is 0.292 e. The van der Waals surface area contributed by atoms with Gasteiger partial charge in [0, 0.05) is 22.7 Å². The largest absolute Gasteiger partial charge is 0.373 e. The van der Waals surface area contributed by atoms with Crippen molar-refractivity contribution in [1.82, 2.24) is 4.98 Å². The Hall–Kier alpha value is -2.48. The van der Waals surface area contributed by atoms with Gasteiger partial charge in [-0.05, 0) is 19.1 Å². The van der Waals surface area contributed by atoms with Crippen LogP contribution in [0.1, 0.15) is 20.2 Å². The van der Waals surface area contributed by atoms with E-state index in [1.54, 1.807) is 6.20 Å². The number of nitro benzene ring substituents is 1. The van der Waals surface area contributed by atoms with Crippen molar-refractivity contribution in [3.8, 4) is 0 Å². The lowest BCUT2D eigenvalue weighted by atomic mass is 10.1. The number of thiazole rings is 1. The number of aromatic nitrogens is 1. The molecule has 0 aliphatic rings. The number of benzene rings is 1. The van der Waals surface area contributed by atoms with Crippen LogP contribution in [0.5, 0.6) is 0 Å². The molecule has 1 amide bonds. The molecular formula is C12H12N4O3S. The van der Waals surface area contributed by atoms with Crippen LogP contribution < -0.4 is 11.1 Å². The van der Waals surface area contributed by atoms with Gasteiger partial charge in [-0.15, -0.1) is 11.3 Å². The van der Waals surface area contributed by atoms with Crippen molar-refractivity contribution in [2.24, 2.45) is 5.73 Å². The number of aryl methyl sites for hydroxylation is 1. The van der Waals surface area contributed by atoms with Gasteiger partial charge in [-0.2, -0.15) is 0 Å². The van der Waals surface area contributed by atoms with Crippen LogP contribution in [0.25, 0.3) is 0 Å². The first-order valence-electron chi connectivity index (χ1n) is 5.71. The highest BCUT2D eigenvalue weighted by atomic mass is 32.1. The number of amides is 1. The van der Waals surface area contributed by atoms with E-state index >= 15 is 0 Å². The fourth-order valence-corrected chi connectivity index (χ4v) is 2.37. The molecule has 7 nitrogen and oxygen atoms in total. The summed E-state index contributed by atoms with van der Waals surface area (Å²) < 4.78 is 0. The van der Waals surface area contributed by atoms with Crippen LogP contribution >= 0.6 is 11.3 Å². The monoisotopic (exact) mass is 292 g/mol. The third-order valence-electron chi connectivity index (χ3n) is 2.58. The first kappa shape index (κ1) is 13.9. The molecule has 2 rings (SSSR count). The average molecular weight is 292 g/mol. The van der Waals surface area contributed by atoms with E-state index in [-0.39, 0.29) is 16.9 Å². The molecule has 0 unspecified atom stereocenters. The van der Waals surface area contributed by atoms with Crippen molar-refractivity contribution in [2.45, 2.75) is 13.5 Å². The maximum atomic E-state index is 11.1. The molecule has 0 aliphatic carbocycles. The van der Waals surface area contributed by atoms with E-state index in [1.807, 2.05) is 6.92 Å². The highest BCUT2D eigenvalue weighted by molar-refractivity contribution is 7.11. The number of nitrogens with one attached hydrogen (secondary N) is 1. The molecule has 0 aliphatic heterocycles. The predicted octanol–water partition coefficient (Wildman–Crippen LogP) is 2.07. The Morgan fingerprint density at radius 1 is 1.55 bits per heavy atom. The quantitative estimate of drug-likeness (QED) is 0.647. The second-order valence-electron chi connectivity index (χ2n) is 4.07. The number of carbonyl (C=O) groups excluding carboxylic acids is 1. The second kappa shape index (κ2) is 5.66. The van der Waals surface area contributed by atoms with Crippen LogP contribution in [0.3, 0.4) is 0 Å². The Morgan fingerprint density at radius 3 is 2.85 bits per heavy atom. The molecule has 1 heterocycles. The number of primary amides is 1. The summed E-state index contributed by atoms with van der Waals surface area (Å²) >= 11 is 1.50. The molecule has 0 saturated carbocycles. The van der Waals surface area contributed by atoms with E-state index in [0.29, 0.717) is 6.54 Å². The molecule has 0 bridgehead atoms. The van der Waals surface area contributed by atoms with E-state index < -0.39 is 10.8 Å². The summed E-state index contributed by atoms with van der Waals surface area (Å²) in [6.45, 7) is 2.28. The summed E-state index contributed by atoms with van der Waals surface area (Å²) in [5.41, 5.74) is 5.53. The van der Waals surface area contributed by atoms with Crippen molar-refractivity contribution < 1.29 is 9.72 Å². The molecule has 1 aromatic heterocycles. The Bertz CT molecular complexity index is 668. The van der Waals surface area contributed by atoms with Crippen molar-refractivity contribution >= 4 is 28.6 Å². The van der Waals surface area contributed by atoms with E-state index in [9.17, 15) is 14.9 Å². The number of nitrogens with zero attached hydrogens (tertiary/aromatic N) is 2. The van der Waals surface area contributed by atoms with Crippen molar-refractivity contribution in [2.75, 3.05) is 5.32 Å². The summed E-state index contributed by atoms with van der Waals surface area (Å²) in [5, 5.41) is 14.7. The maximum absolute atomic E-state index is 11.1. The Kier molecular flexibility index (Phi) is 3.94. The second-order valence-corrected chi connectivity index (χ2v) is 5.39. The molecule has 8 heteroatoms. The van der Waals surface area contributed by atoms with Gasteiger partial charge in [0.2, 0.25) is 5.91 Å². The Labute approximate surface area is 118 Å². The Balaban J connectivity index is 2.25. The van der Waals surface area contributed by atoms with Crippen LogP contribution in [-0.4, -0.2) is 15.8 Å². The summed E-state index contributed by atoms with van der Waals surface area (Å²) in [7, 11) is 0. The molecule has 0 atom stereocenters. The van der Waals surface area contributed by atoms with Crippen LogP contribution in [0.4, 0.5) is 11.4 Å². The van der Waals surface area contributed by atoms with Crippen LogP contribution in [0, 0.1) is 17.0 Å². The number of rotatable bonds is 5. The lowest BCUT2D eigenvalue weighted by Crippen LogP contribution is -2.12. The summed E-state index contributed by atoms with van der Waals surface area (Å²) in [5.74, 6) is -0.631. The van der Waals surface area contributed by atoms with E-state index in [1.165, 1.54) is 29.5 Å². The lowest BCUT2D eigenvalue weighted by Gasteiger charge is -2.06. The van der Waals surface area contributed by atoms with Gasteiger partial charge in [-0.3, -0.25) is 14.9 Å². The maximum Gasteiger partial charge on any atom is 0.292 e. The molecule has 104 valence electrons. The van der Waals surface area contributed by atoms with E-state index in [2.05, 4.69) is 10.3 Å². The molecule has 3 N–H and O–H groups in total. The molecule has 20 heavy (non-hydrogen) atoms. The predicted molar refractivity (Wildman–Crippen MR) is 75.8 cm³/mol. The van der Waals surface area contributed by atoms with Crippen molar-refractivity contribution in [1.29, 1.82) is 0 Å². The molecular weight excluding hydrogens is 280 g/mol. The van der Waals surface area contributed by atoms with Crippen molar-refractivity contribution in [3.05, 3.63) is 50.0 Å². The van der Waals surface area contributed by atoms with Crippen LogP contribution in [0.15, 0.2) is 24.4 Å². The lowest BCUT2D eigenvalue weighted by molar-refractivity contribution is -0.384. The molecule has 0 radical (unpaired) electrons. The van der Waals surface area contributed by atoms with Gasteiger partial charge in [0.15, 0.2) is 0 Å². The van der Waals surface area contributed by atoms with E-state index in [0.717, 1.165) is 9.88 Å². The molecule has 0 spiro atoms. The summed E-state index contributed by atoms with van der Waals surface area (Å²) in [6.07, 6.45) is 1.73. The average Bonchev–Trinajstić information content (AvgIpc) is 2.81. The summed E-state index contributed by atoms with van der Waals surface area (Å²) in [6, 6.07) is 3.97. The number of carbonyl (C=O) groups is 1. The molecule has 0 saturated heterocycles. The summed E-state index contributed by atoms with van der Waals surface area (Å²) in [4.78, 5) is 26.8. The van der Waals surface area contributed by atoms with Gasteiger partial charge in [-0.1, -0.05) is 0 Å². The van der Waals surface area contributed by atoms with Gasteiger partial charge in [0.05, 0.1) is 11.5 Å². The Morgan fingerprint density at radius 2 is 2.30 bits per heavy atom. The third kappa shape index (κ3) is 3.09. The van der Waals surface area contributed by atoms with E-state index in [4.69, 9.17) is 5.73 Å². The highest BCUT2D eigenvalue weighted by Gasteiger charge is 2.16. The topological polar surface area (TPSA) is 111 Å². The SMILES string of the molecule is Cc1cnc(CNc2cc(C(N)=O)ccc2[N+](=O)[O-])s1. The molecule has 0 fully saturated rings. The minimum atomic E-state index is -0.631. The highest BCUT2D eigenvalue weighted by Crippen LogP contribution is 2.26. The fraction of sp³-hybridized carbons (Fsp3) is 0.167. The van der Waals surface area contributed by atoms with Crippen molar-refractivity contribution in [3.63, 3.8) is 0 Å². The zero-order valence-corrected chi connectivity index (χ0v) is 11.4. The minimum Gasteiger partial charge on any atom is -0.373 e. The normalized spacial score (nSPS) is 10.2. The first-order valence-corrected chi connectivity index (χ1v) is 6.52. The first-order chi connectivity index (χ1) is 9.47. The van der Waals surface area contributed by atoms with Gasteiger partial charge in [0.1, 0.15) is 10.7 Å².